The molecule has 0 atom stereocenters. The number of aromatic carboxylic acids is 1. The Balaban J connectivity index is 3.10. The molecule has 1 rings (SSSR count). The number of carbonyl (C=O) groups is 1. The molecule has 5 heteroatoms. The predicted molar refractivity (Wildman–Crippen MR) is 45.0 cm³/mol. The summed E-state index contributed by atoms with van der Waals surface area (Å²) in [6, 6.07) is 4.14. The first-order valence-corrected chi connectivity index (χ1v) is 3.75. The lowest BCUT2D eigenvalue weighted by Crippen LogP contribution is -1.99. The van der Waals surface area contributed by atoms with Crippen molar-refractivity contribution in [2.45, 2.75) is 0 Å². The molecule has 0 spiro atoms. The number of rotatable bonds is 3. The third-order valence-corrected chi connectivity index (χ3v) is 1.79. The van der Waals surface area contributed by atoms with Gasteiger partial charge in [0.1, 0.15) is 5.75 Å². The molecular formula is C8H6ClFO3. The van der Waals surface area contributed by atoms with E-state index >= 15 is 0 Å². The highest BCUT2D eigenvalue weighted by atomic mass is 35.5. The van der Waals surface area contributed by atoms with E-state index in [4.69, 9.17) is 16.7 Å². The molecule has 0 bridgehead atoms. The van der Waals surface area contributed by atoms with Crippen molar-refractivity contribution in [1.82, 2.24) is 0 Å². The second-order valence-corrected chi connectivity index (χ2v) is 2.55. The van der Waals surface area contributed by atoms with Crippen LogP contribution in [0.3, 0.4) is 0 Å². The number of hydrogen-bond acceptors (Lipinski definition) is 2. The predicted octanol–water partition coefficient (Wildman–Crippen LogP) is 2.34. The zero-order valence-corrected chi connectivity index (χ0v) is 7.21. The van der Waals surface area contributed by atoms with Crippen LogP contribution in [0.5, 0.6) is 5.75 Å². The fourth-order valence-corrected chi connectivity index (χ4v) is 1.11. The summed E-state index contributed by atoms with van der Waals surface area (Å²) in [6.45, 7) is -1.04. The van der Waals surface area contributed by atoms with Crippen LogP contribution in [0.2, 0.25) is 5.02 Å². The number of hydrogen-bond donors (Lipinski definition) is 1. The molecule has 0 aromatic heterocycles. The minimum atomic E-state index is -1.17. The Hall–Kier alpha value is -1.29. The van der Waals surface area contributed by atoms with Crippen molar-refractivity contribution in [3.8, 4) is 5.75 Å². The maximum Gasteiger partial charge on any atom is 0.337 e. The van der Waals surface area contributed by atoms with Crippen molar-refractivity contribution >= 4 is 17.6 Å². The van der Waals surface area contributed by atoms with Gasteiger partial charge in [0, 0.05) is 0 Å². The minimum absolute atomic E-state index is 0.0315. The second kappa shape index (κ2) is 4.09. The third kappa shape index (κ3) is 2.09. The van der Waals surface area contributed by atoms with Gasteiger partial charge in [-0.05, 0) is 12.1 Å². The summed E-state index contributed by atoms with van der Waals surface area (Å²) in [5.41, 5.74) is -0.104. The SMILES string of the molecule is O=C(O)c1cccc(OCF)c1Cl. The lowest BCUT2D eigenvalue weighted by molar-refractivity contribution is 0.0696. The molecule has 0 aliphatic carbocycles. The molecule has 0 saturated heterocycles. The highest BCUT2D eigenvalue weighted by Crippen LogP contribution is 2.27. The number of benzene rings is 1. The monoisotopic (exact) mass is 204 g/mol. The molecule has 3 nitrogen and oxygen atoms in total. The smallest absolute Gasteiger partial charge is 0.337 e. The molecule has 0 radical (unpaired) electrons. The first kappa shape index (κ1) is 9.80. The van der Waals surface area contributed by atoms with Crippen molar-refractivity contribution < 1.29 is 19.0 Å². The number of carboxylic acid groups (broad SMARTS) is 1. The van der Waals surface area contributed by atoms with E-state index in [0.717, 1.165) is 0 Å². The van der Waals surface area contributed by atoms with Crippen LogP contribution in [0.1, 0.15) is 10.4 Å². The van der Waals surface area contributed by atoms with Crippen LogP contribution >= 0.6 is 11.6 Å². The summed E-state index contributed by atoms with van der Waals surface area (Å²) >= 11 is 5.61. The van der Waals surface area contributed by atoms with Gasteiger partial charge in [0.05, 0.1) is 10.6 Å². The summed E-state index contributed by atoms with van der Waals surface area (Å²) in [5.74, 6) is -1.14. The van der Waals surface area contributed by atoms with Gasteiger partial charge in [-0.25, -0.2) is 9.18 Å². The fourth-order valence-electron chi connectivity index (χ4n) is 0.846. The van der Waals surface area contributed by atoms with Crippen LogP contribution in [-0.4, -0.2) is 17.9 Å². The Bertz CT molecular complexity index is 327. The quantitative estimate of drug-likeness (QED) is 0.822. The minimum Gasteiger partial charge on any atom is -0.478 e. The largest absolute Gasteiger partial charge is 0.478 e. The van der Waals surface area contributed by atoms with Crippen LogP contribution < -0.4 is 4.74 Å². The summed E-state index contributed by atoms with van der Waals surface area (Å²) in [4.78, 5) is 10.5. The van der Waals surface area contributed by atoms with E-state index in [1.165, 1.54) is 18.2 Å². The van der Waals surface area contributed by atoms with E-state index in [-0.39, 0.29) is 16.3 Å². The maximum absolute atomic E-state index is 11.8. The average Bonchev–Trinajstić information content (AvgIpc) is 2.08. The third-order valence-electron chi connectivity index (χ3n) is 1.40. The van der Waals surface area contributed by atoms with Gasteiger partial charge in [-0.3, -0.25) is 0 Å². The van der Waals surface area contributed by atoms with Gasteiger partial charge in [0.25, 0.3) is 0 Å². The molecule has 13 heavy (non-hydrogen) atoms. The van der Waals surface area contributed by atoms with E-state index in [0.29, 0.717) is 0 Å². The molecular weight excluding hydrogens is 199 g/mol. The van der Waals surface area contributed by atoms with Gasteiger partial charge in [-0.1, -0.05) is 17.7 Å². The average molecular weight is 205 g/mol. The van der Waals surface area contributed by atoms with Gasteiger partial charge >= 0.3 is 5.97 Å². The molecule has 1 aromatic rings. The Labute approximate surface area is 78.7 Å². The maximum atomic E-state index is 11.8. The van der Waals surface area contributed by atoms with Gasteiger partial charge in [-0.15, -0.1) is 0 Å². The first-order valence-electron chi connectivity index (χ1n) is 3.37. The first-order chi connectivity index (χ1) is 6.16. The van der Waals surface area contributed by atoms with Crippen LogP contribution in [-0.2, 0) is 0 Å². The van der Waals surface area contributed by atoms with E-state index in [1.54, 1.807) is 0 Å². The highest BCUT2D eigenvalue weighted by molar-refractivity contribution is 6.34. The summed E-state index contributed by atoms with van der Waals surface area (Å²) in [6.07, 6.45) is 0. The molecule has 0 aliphatic heterocycles. The van der Waals surface area contributed by atoms with Crippen molar-refractivity contribution in [1.29, 1.82) is 0 Å². The summed E-state index contributed by atoms with van der Waals surface area (Å²) < 4.78 is 16.2. The lowest BCUT2D eigenvalue weighted by atomic mass is 10.2. The molecule has 0 aliphatic rings. The molecule has 0 unspecified atom stereocenters. The zero-order valence-electron chi connectivity index (χ0n) is 6.46. The molecule has 1 N–H and O–H groups in total. The van der Waals surface area contributed by atoms with Crippen LogP contribution in [0.15, 0.2) is 18.2 Å². The fraction of sp³-hybridized carbons (Fsp3) is 0.125. The Morgan fingerprint density at radius 3 is 2.85 bits per heavy atom. The zero-order chi connectivity index (χ0) is 9.84. The number of ether oxygens (including phenoxy) is 1. The molecule has 0 saturated carbocycles. The normalized spacial score (nSPS) is 9.69. The van der Waals surface area contributed by atoms with Gasteiger partial charge in [-0.2, -0.15) is 0 Å². The van der Waals surface area contributed by atoms with Crippen molar-refractivity contribution in [3.05, 3.63) is 28.8 Å². The molecule has 0 amide bonds. The lowest BCUT2D eigenvalue weighted by Gasteiger charge is -2.05. The van der Waals surface area contributed by atoms with Crippen molar-refractivity contribution in [2.75, 3.05) is 6.86 Å². The molecule has 0 heterocycles. The molecule has 0 fully saturated rings. The van der Waals surface area contributed by atoms with Gasteiger partial charge < -0.3 is 9.84 Å². The van der Waals surface area contributed by atoms with E-state index in [1.807, 2.05) is 0 Å². The highest BCUT2D eigenvalue weighted by Gasteiger charge is 2.12. The van der Waals surface area contributed by atoms with E-state index in [9.17, 15) is 9.18 Å². The number of carboxylic acids is 1. The molecule has 70 valence electrons. The topological polar surface area (TPSA) is 46.5 Å². The van der Waals surface area contributed by atoms with E-state index < -0.39 is 12.8 Å². The van der Waals surface area contributed by atoms with Crippen molar-refractivity contribution in [3.63, 3.8) is 0 Å². The Morgan fingerprint density at radius 1 is 1.62 bits per heavy atom. The van der Waals surface area contributed by atoms with Crippen LogP contribution in [0.4, 0.5) is 4.39 Å². The summed E-state index contributed by atoms with van der Waals surface area (Å²) in [7, 11) is 0. The van der Waals surface area contributed by atoms with Crippen LogP contribution in [0, 0.1) is 0 Å². The number of alkyl halides is 1. The Morgan fingerprint density at radius 2 is 2.31 bits per heavy atom. The number of halogens is 2. The van der Waals surface area contributed by atoms with Crippen molar-refractivity contribution in [2.24, 2.45) is 0 Å². The standard InChI is InChI=1S/C8H6ClFO3/c9-7-5(8(11)12)2-1-3-6(7)13-4-10/h1-3H,4H2,(H,11,12). The summed E-state index contributed by atoms with van der Waals surface area (Å²) in [5, 5.41) is 8.53. The van der Waals surface area contributed by atoms with E-state index in [2.05, 4.69) is 4.74 Å². The van der Waals surface area contributed by atoms with Gasteiger partial charge in [0.15, 0.2) is 0 Å². The van der Waals surface area contributed by atoms with Gasteiger partial charge in [0.2, 0.25) is 6.86 Å². The second-order valence-electron chi connectivity index (χ2n) is 2.18. The molecule has 1 aromatic carbocycles. The van der Waals surface area contributed by atoms with Crippen LogP contribution in [0.25, 0.3) is 0 Å². The Kier molecular flexibility index (Phi) is 3.08.